The van der Waals surface area contributed by atoms with E-state index in [-0.39, 0.29) is 18.1 Å². The summed E-state index contributed by atoms with van der Waals surface area (Å²) in [7, 11) is 1.45. The van der Waals surface area contributed by atoms with E-state index in [4.69, 9.17) is 9.84 Å². The van der Waals surface area contributed by atoms with E-state index in [1.54, 1.807) is 12.1 Å². The van der Waals surface area contributed by atoms with E-state index in [0.717, 1.165) is 5.56 Å². The van der Waals surface area contributed by atoms with Crippen LogP contribution in [0.5, 0.6) is 5.75 Å². The summed E-state index contributed by atoms with van der Waals surface area (Å²) in [6.45, 7) is 3.74. The molecule has 0 spiro atoms. The largest absolute Gasteiger partial charge is 0.508 e. The Morgan fingerprint density at radius 2 is 1.63 bits per heavy atom. The molecule has 1 aromatic rings. The highest BCUT2D eigenvalue weighted by Crippen LogP contribution is 2.22. The Hall–Kier alpha value is -3.14. The van der Waals surface area contributed by atoms with Gasteiger partial charge in [0.25, 0.3) is 5.91 Å². The molecule has 4 atom stereocenters. The molecule has 1 aliphatic rings. The quantitative estimate of drug-likeness (QED) is 0.320. The zero-order valence-corrected chi connectivity index (χ0v) is 17.0. The number of epoxide rings is 1. The minimum atomic E-state index is -1.24. The van der Waals surface area contributed by atoms with Crippen LogP contribution in [0.15, 0.2) is 24.3 Å². The van der Waals surface area contributed by atoms with Gasteiger partial charge in [-0.25, -0.2) is 4.79 Å². The van der Waals surface area contributed by atoms with Crippen LogP contribution in [0.25, 0.3) is 0 Å². The van der Waals surface area contributed by atoms with Crippen LogP contribution in [-0.2, 0) is 30.3 Å². The van der Waals surface area contributed by atoms with E-state index in [1.807, 2.05) is 13.8 Å². The molecule has 1 aliphatic heterocycles. The lowest BCUT2D eigenvalue weighted by Crippen LogP contribution is -2.55. The van der Waals surface area contributed by atoms with Crippen molar-refractivity contribution in [2.45, 2.75) is 51.0 Å². The number of carbonyl (C=O) groups excluding carboxylic acids is 3. The Balaban J connectivity index is 2.07. The maximum absolute atomic E-state index is 12.8. The molecule has 2 rings (SSSR count). The Morgan fingerprint density at radius 3 is 2.13 bits per heavy atom. The number of carbonyl (C=O) groups is 4. The first-order valence-corrected chi connectivity index (χ1v) is 9.60. The van der Waals surface area contributed by atoms with Gasteiger partial charge < -0.3 is 30.9 Å². The SMILES string of the molecule is CNC(=O)[C@H](Cc1ccc(O)cc1)NC(=O)[C@H](CC(C)C)NC(=O)C1OC1C(=O)O. The minimum Gasteiger partial charge on any atom is -0.508 e. The first-order chi connectivity index (χ1) is 14.1. The van der Waals surface area contributed by atoms with Gasteiger partial charge in [0, 0.05) is 13.5 Å². The minimum absolute atomic E-state index is 0.0481. The van der Waals surface area contributed by atoms with E-state index >= 15 is 0 Å². The predicted octanol–water partition coefficient (Wildman–Crippen LogP) is -0.452. The van der Waals surface area contributed by atoms with Crippen molar-refractivity contribution in [1.29, 1.82) is 0 Å². The molecule has 1 fully saturated rings. The number of aromatic hydroxyl groups is 1. The van der Waals surface area contributed by atoms with Gasteiger partial charge in [-0.3, -0.25) is 14.4 Å². The number of hydrogen-bond donors (Lipinski definition) is 5. The fourth-order valence-corrected chi connectivity index (χ4v) is 2.98. The van der Waals surface area contributed by atoms with E-state index in [1.165, 1.54) is 19.2 Å². The van der Waals surface area contributed by atoms with Gasteiger partial charge in [0.15, 0.2) is 12.2 Å². The average molecular weight is 421 g/mol. The molecule has 0 bridgehead atoms. The molecule has 30 heavy (non-hydrogen) atoms. The second-order valence-corrected chi connectivity index (χ2v) is 7.55. The molecule has 0 aromatic heterocycles. The van der Waals surface area contributed by atoms with Crippen LogP contribution >= 0.6 is 0 Å². The van der Waals surface area contributed by atoms with Gasteiger partial charge in [-0.1, -0.05) is 26.0 Å². The third-order valence-corrected chi connectivity index (χ3v) is 4.59. The van der Waals surface area contributed by atoms with Crippen LogP contribution in [0.3, 0.4) is 0 Å². The molecule has 1 saturated heterocycles. The van der Waals surface area contributed by atoms with Gasteiger partial charge in [-0.15, -0.1) is 0 Å². The number of ether oxygens (including phenoxy) is 1. The predicted molar refractivity (Wildman–Crippen MR) is 105 cm³/mol. The number of phenols is 1. The normalized spacial score (nSPS) is 19.5. The van der Waals surface area contributed by atoms with Crippen LogP contribution in [0, 0.1) is 5.92 Å². The van der Waals surface area contributed by atoms with E-state index in [0.29, 0.717) is 6.42 Å². The summed E-state index contributed by atoms with van der Waals surface area (Å²) >= 11 is 0. The summed E-state index contributed by atoms with van der Waals surface area (Å²) in [5.74, 6) is -2.76. The van der Waals surface area contributed by atoms with Crippen molar-refractivity contribution in [3.8, 4) is 5.75 Å². The van der Waals surface area contributed by atoms with Gasteiger partial charge in [0.05, 0.1) is 0 Å². The molecule has 10 nitrogen and oxygen atoms in total. The maximum Gasteiger partial charge on any atom is 0.336 e. The molecule has 5 N–H and O–H groups in total. The fourth-order valence-electron chi connectivity index (χ4n) is 2.98. The van der Waals surface area contributed by atoms with E-state index in [9.17, 15) is 24.3 Å². The number of hydrogen-bond acceptors (Lipinski definition) is 6. The number of nitrogens with one attached hydrogen (secondary N) is 3. The molecule has 164 valence electrons. The van der Waals surface area contributed by atoms with Gasteiger partial charge in [-0.05, 0) is 30.0 Å². The first kappa shape index (κ1) is 23.1. The Morgan fingerprint density at radius 1 is 1.00 bits per heavy atom. The third-order valence-electron chi connectivity index (χ3n) is 4.59. The van der Waals surface area contributed by atoms with Crippen LogP contribution in [-0.4, -0.2) is 65.2 Å². The van der Waals surface area contributed by atoms with Crippen molar-refractivity contribution in [2.75, 3.05) is 7.05 Å². The van der Waals surface area contributed by atoms with Crippen molar-refractivity contribution < 1.29 is 34.1 Å². The molecular weight excluding hydrogens is 394 g/mol. The van der Waals surface area contributed by atoms with Crippen LogP contribution in [0.4, 0.5) is 0 Å². The number of carboxylic acids is 1. The van der Waals surface area contributed by atoms with Crippen molar-refractivity contribution in [1.82, 2.24) is 16.0 Å². The number of amides is 3. The monoisotopic (exact) mass is 421 g/mol. The lowest BCUT2D eigenvalue weighted by molar-refractivity contribution is -0.138. The highest BCUT2D eigenvalue weighted by molar-refractivity contribution is 5.96. The van der Waals surface area contributed by atoms with Gasteiger partial charge >= 0.3 is 5.97 Å². The summed E-state index contributed by atoms with van der Waals surface area (Å²) in [6.07, 6.45) is -1.86. The molecule has 0 saturated carbocycles. The molecule has 1 heterocycles. The zero-order valence-electron chi connectivity index (χ0n) is 17.0. The smallest absolute Gasteiger partial charge is 0.336 e. The number of benzene rings is 1. The fraction of sp³-hybridized carbons (Fsp3) is 0.500. The zero-order chi connectivity index (χ0) is 22.4. The van der Waals surface area contributed by atoms with Crippen molar-refractivity contribution in [3.63, 3.8) is 0 Å². The van der Waals surface area contributed by atoms with Crippen LogP contribution in [0.1, 0.15) is 25.8 Å². The third kappa shape index (κ3) is 6.45. The molecular formula is C20H27N3O7. The van der Waals surface area contributed by atoms with E-state index in [2.05, 4.69) is 16.0 Å². The highest BCUT2D eigenvalue weighted by atomic mass is 16.6. The Kier molecular flexibility index (Phi) is 7.76. The molecule has 10 heteroatoms. The number of phenolic OH excluding ortho intramolecular Hbond substituents is 1. The number of likely N-dealkylation sites (N-methyl/N-ethyl adjacent to an activating group) is 1. The molecule has 0 aliphatic carbocycles. The Bertz CT molecular complexity index is 794. The van der Waals surface area contributed by atoms with Crippen molar-refractivity contribution >= 4 is 23.7 Å². The molecule has 2 unspecified atom stereocenters. The second kappa shape index (κ2) is 10.1. The molecule has 3 amide bonds. The van der Waals surface area contributed by atoms with Gasteiger partial charge in [-0.2, -0.15) is 0 Å². The summed E-state index contributed by atoms with van der Waals surface area (Å²) < 4.78 is 4.82. The first-order valence-electron chi connectivity index (χ1n) is 9.60. The van der Waals surface area contributed by atoms with E-state index < -0.39 is 48.0 Å². The summed E-state index contributed by atoms with van der Waals surface area (Å²) in [5, 5.41) is 25.9. The standard InChI is InChI=1S/C20H27N3O7/c1-10(2)8-13(23-19(27)15-16(30-15)20(28)29)18(26)22-14(17(25)21-3)9-11-4-6-12(24)7-5-11/h4-7,10,13-16,24H,8-9H2,1-3H3,(H,21,25)(H,22,26)(H,23,27)(H,28,29)/t13-,14-,15?,16?/m0/s1. The number of aliphatic carboxylic acids is 1. The van der Waals surface area contributed by atoms with Crippen molar-refractivity contribution in [3.05, 3.63) is 29.8 Å². The average Bonchev–Trinajstić information content (AvgIpc) is 3.49. The lowest BCUT2D eigenvalue weighted by atomic mass is 10.0. The summed E-state index contributed by atoms with van der Waals surface area (Å²) in [4.78, 5) is 48.2. The Labute approximate surface area is 174 Å². The summed E-state index contributed by atoms with van der Waals surface area (Å²) in [6, 6.07) is 4.39. The topological polar surface area (TPSA) is 157 Å². The highest BCUT2D eigenvalue weighted by Gasteiger charge is 2.51. The van der Waals surface area contributed by atoms with Crippen LogP contribution < -0.4 is 16.0 Å². The lowest BCUT2D eigenvalue weighted by Gasteiger charge is -2.23. The van der Waals surface area contributed by atoms with Crippen LogP contribution in [0.2, 0.25) is 0 Å². The number of carboxylic acid groups (broad SMARTS) is 1. The second-order valence-electron chi connectivity index (χ2n) is 7.55. The molecule has 1 aromatic carbocycles. The summed E-state index contributed by atoms with van der Waals surface area (Å²) in [5.41, 5.74) is 0.724. The van der Waals surface area contributed by atoms with Gasteiger partial charge in [0.2, 0.25) is 11.8 Å². The van der Waals surface area contributed by atoms with Crippen molar-refractivity contribution in [2.24, 2.45) is 5.92 Å². The number of rotatable bonds is 10. The molecule has 0 radical (unpaired) electrons. The maximum atomic E-state index is 12.8. The van der Waals surface area contributed by atoms with Gasteiger partial charge in [0.1, 0.15) is 17.8 Å².